The van der Waals surface area contributed by atoms with Crippen molar-refractivity contribution in [3.8, 4) is 5.75 Å². The molecule has 0 bridgehead atoms. The van der Waals surface area contributed by atoms with Crippen molar-refractivity contribution in [3.63, 3.8) is 0 Å². The zero-order valence-electron chi connectivity index (χ0n) is 7.26. The normalized spacial score (nSPS) is 15.0. The van der Waals surface area contributed by atoms with E-state index in [9.17, 15) is 5.11 Å². The summed E-state index contributed by atoms with van der Waals surface area (Å²) in [7, 11) is 0. The zero-order chi connectivity index (χ0) is 9.26. The number of rotatable bonds is 1. The van der Waals surface area contributed by atoms with Crippen molar-refractivity contribution < 1.29 is 5.11 Å². The Hall–Kier alpha value is -0.760. The zero-order valence-corrected chi connectivity index (χ0v) is 8.84. The van der Waals surface area contributed by atoms with Crippen molar-refractivity contribution in [1.82, 2.24) is 0 Å². The lowest BCUT2D eigenvalue weighted by atomic mass is 9.91. The second kappa shape index (κ2) is 3.54. The first-order valence-electron chi connectivity index (χ1n) is 4.39. The minimum absolute atomic E-state index is 0.434. The Labute approximate surface area is 86.2 Å². The molecule has 2 heteroatoms. The molecule has 0 spiro atoms. The van der Waals surface area contributed by atoms with Crippen LogP contribution in [-0.4, -0.2) is 10.4 Å². The van der Waals surface area contributed by atoms with Crippen molar-refractivity contribution in [2.24, 2.45) is 0 Å². The van der Waals surface area contributed by atoms with Crippen LogP contribution in [-0.2, 0) is 6.42 Å². The molecule has 0 heterocycles. The summed E-state index contributed by atoms with van der Waals surface area (Å²) in [6.45, 7) is 0. The Morgan fingerprint density at radius 1 is 1.38 bits per heavy atom. The first kappa shape index (κ1) is 8.82. The number of halogens is 1. The van der Waals surface area contributed by atoms with Crippen LogP contribution in [0.1, 0.15) is 17.5 Å². The van der Waals surface area contributed by atoms with Gasteiger partial charge in [0.1, 0.15) is 5.75 Å². The quantitative estimate of drug-likeness (QED) is 0.746. The van der Waals surface area contributed by atoms with Crippen LogP contribution in [0.4, 0.5) is 0 Å². The van der Waals surface area contributed by atoms with Crippen LogP contribution in [0.25, 0.3) is 5.57 Å². The molecule has 0 radical (unpaired) electrons. The standard InChI is InChI=1S/C11H11BrO/c12-7-8-3-1-5-10-9(8)4-2-6-11(10)13/h2-4,6,13H,1,5,7H2. The molecule has 0 saturated heterocycles. The number of hydrogen-bond acceptors (Lipinski definition) is 1. The van der Waals surface area contributed by atoms with Gasteiger partial charge in [-0.1, -0.05) is 34.1 Å². The van der Waals surface area contributed by atoms with Crippen LogP contribution >= 0.6 is 15.9 Å². The van der Waals surface area contributed by atoms with Gasteiger partial charge in [0.05, 0.1) is 0 Å². The van der Waals surface area contributed by atoms with E-state index in [0.717, 1.165) is 23.7 Å². The van der Waals surface area contributed by atoms with E-state index in [4.69, 9.17) is 0 Å². The summed E-state index contributed by atoms with van der Waals surface area (Å²) >= 11 is 3.46. The number of allylic oxidation sites excluding steroid dienone is 2. The first-order chi connectivity index (χ1) is 6.33. The summed E-state index contributed by atoms with van der Waals surface area (Å²) in [5.41, 5.74) is 3.58. The summed E-state index contributed by atoms with van der Waals surface area (Å²) in [6.07, 6.45) is 4.22. The number of phenolic OH excluding ortho intramolecular Hbond substituents is 1. The average molecular weight is 239 g/mol. The van der Waals surface area contributed by atoms with Gasteiger partial charge in [0.2, 0.25) is 0 Å². The van der Waals surface area contributed by atoms with Crippen LogP contribution in [0, 0.1) is 0 Å². The van der Waals surface area contributed by atoms with E-state index in [1.165, 1.54) is 11.1 Å². The fourth-order valence-corrected chi connectivity index (χ4v) is 2.30. The molecule has 68 valence electrons. The lowest BCUT2D eigenvalue weighted by Crippen LogP contribution is -2.00. The van der Waals surface area contributed by atoms with Crippen LogP contribution in [0.2, 0.25) is 0 Å². The molecule has 1 aliphatic carbocycles. The van der Waals surface area contributed by atoms with Gasteiger partial charge in [-0.25, -0.2) is 0 Å². The number of aromatic hydroxyl groups is 1. The molecule has 0 amide bonds. The highest BCUT2D eigenvalue weighted by molar-refractivity contribution is 9.09. The summed E-state index contributed by atoms with van der Waals surface area (Å²) in [5.74, 6) is 0.434. The van der Waals surface area contributed by atoms with E-state index in [-0.39, 0.29) is 0 Å². The Balaban J connectivity index is 2.55. The summed E-state index contributed by atoms with van der Waals surface area (Å²) in [6, 6.07) is 5.73. The molecular weight excluding hydrogens is 228 g/mol. The van der Waals surface area contributed by atoms with Crippen LogP contribution < -0.4 is 0 Å². The Morgan fingerprint density at radius 2 is 2.23 bits per heavy atom. The van der Waals surface area contributed by atoms with Crippen LogP contribution in [0.5, 0.6) is 5.75 Å². The highest BCUT2D eigenvalue weighted by atomic mass is 79.9. The van der Waals surface area contributed by atoms with E-state index in [0.29, 0.717) is 5.75 Å². The highest BCUT2D eigenvalue weighted by Gasteiger charge is 2.13. The van der Waals surface area contributed by atoms with Gasteiger partial charge in [0.15, 0.2) is 0 Å². The Kier molecular flexibility index (Phi) is 2.40. The van der Waals surface area contributed by atoms with Crippen LogP contribution in [0.3, 0.4) is 0 Å². The number of fused-ring (bicyclic) bond motifs is 1. The highest BCUT2D eigenvalue weighted by Crippen LogP contribution is 2.32. The lowest BCUT2D eigenvalue weighted by Gasteiger charge is -2.16. The van der Waals surface area contributed by atoms with Gasteiger partial charge in [-0.2, -0.15) is 0 Å². The Bertz CT molecular complexity index is 355. The molecule has 13 heavy (non-hydrogen) atoms. The molecule has 0 atom stereocenters. The molecular formula is C11H11BrO. The third-order valence-corrected chi connectivity index (χ3v) is 3.03. The van der Waals surface area contributed by atoms with E-state index in [1.54, 1.807) is 6.07 Å². The number of phenols is 1. The first-order valence-corrected chi connectivity index (χ1v) is 5.51. The molecule has 0 aliphatic heterocycles. The minimum atomic E-state index is 0.434. The van der Waals surface area contributed by atoms with Crippen molar-refractivity contribution in [2.75, 3.05) is 5.33 Å². The number of benzene rings is 1. The molecule has 1 aromatic rings. The second-order valence-corrected chi connectivity index (χ2v) is 3.77. The number of alkyl halides is 1. The van der Waals surface area contributed by atoms with Gasteiger partial charge < -0.3 is 5.11 Å². The molecule has 0 saturated carbocycles. The largest absolute Gasteiger partial charge is 0.508 e. The van der Waals surface area contributed by atoms with E-state index >= 15 is 0 Å². The van der Waals surface area contributed by atoms with Crippen molar-refractivity contribution in [1.29, 1.82) is 0 Å². The van der Waals surface area contributed by atoms with E-state index in [2.05, 4.69) is 28.1 Å². The van der Waals surface area contributed by atoms with Gasteiger partial charge >= 0.3 is 0 Å². The average Bonchev–Trinajstić information content (AvgIpc) is 2.18. The van der Waals surface area contributed by atoms with Crippen LogP contribution in [0.15, 0.2) is 24.3 Å². The summed E-state index contributed by atoms with van der Waals surface area (Å²) in [4.78, 5) is 0. The molecule has 1 aromatic carbocycles. The maximum atomic E-state index is 9.63. The fourth-order valence-electron chi connectivity index (χ4n) is 1.77. The molecule has 2 rings (SSSR count). The topological polar surface area (TPSA) is 20.2 Å². The van der Waals surface area contributed by atoms with Gasteiger partial charge in [-0.3, -0.25) is 0 Å². The molecule has 1 aliphatic rings. The molecule has 1 N–H and O–H groups in total. The molecule has 0 unspecified atom stereocenters. The summed E-state index contributed by atoms with van der Waals surface area (Å²) in [5, 5.41) is 10.5. The van der Waals surface area contributed by atoms with Gasteiger partial charge in [0, 0.05) is 10.9 Å². The third-order valence-electron chi connectivity index (χ3n) is 2.43. The molecule has 0 fully saturated rings. The van der Waals surface area contributed by atoms with Gasteiger partial charge in [-0.15, -0.1) is 0 Å². The maximum absolute atomic E-state index is 9.63. The van der Waals surface area contributed by atoms with Crippen molar-refractivity contribution >= 4 is 21.5 Å². The maximum Gasteiger partial charge on any atom is 0.119 e. The third kappa shape index (κ3) is 1.51. The molecule has 1 nitrogen and oxygen atoms in total. The predicted molar refractivity (Wildman–Crippen MR) is 58.2 cm³/mol. The minimum Gasteiger partial charge on any atom is -0.508 e. The lowest BCUT2D eigenvalue weighted by molar-refractivity contribution is 0.467. The van der Waals surface area contributed by atoms with Crippen molar-refractivity contribution in [3.05, 3.63) is 35.4 Å². The van der Waals surface area contributed by atoms with Gasteiger partial charge in [0.25, 0.3) is 0 Å². The van der Waals surface area contributed by atoms with Crippen molar-refractivity contribution in [2.45, 2.75) is 12.8 Å². The summed E-state index contributed by atoms with van der Waals surface area (Å²) < 4.78 is 0. The monoisotopic (exact) mass is 238 g/mol. The predicted octanol–water partition coefficient (Wildman–Crippen LogP) is 3.12. The SMILES string of the molecule is Oc1cccc2c1CCC=C2CBr. The second-order valence-electron chi connectivity index (χ2n) is 3.20. The van der Waals surface area contributed by atoms with Gasteiger partial charge in [-0.05, 0) is 30.0 Å². The van der Waals surface area contributed by atoms with E-state index in [1.807, 2.05) is 6.07 Å². The van der Waals surface area contributed by atoms with E-state index < -0.39 is 0 Å². The molecule has 0 aromatic heterocycles. The fraction of sp³-hybridized carbons (Fsp3) is 0.273. The smallest absolute Gasteiger partial charge is 0.119 e. The number of hydrogen-bond donors (Lipinski definition) is 1. The Morgan fingerprint density at radius 3 is 3.00 bits per heavy atom.